The molecule has 3 aliphatic heterocycles. The maximum Gasteiger partial charge on any atom is 0.217 e. The Bertz CT molecular complexity index is 242. The van der Waals surface area contributed by atoms with Crippen LogP contribution in [0.2, 0.25) is 0 Å². The standard InChI is InChI=1S/C9H14N2O2/c1-5(12)10-8-7-4-11-3-2-6(13-7)9(8)11/h6-9H,2-4H2,1H3,(H,10,12)/t6-,7?,8-,9+/m1/s1. The Morgan fingerprint density at radius 1 is 1.54 bits per heavy atom. The Balaban J connectivity index is 1.81. The molecule has 3 heterocycles. The van der Waals surface area contributed by atoms with Crippen molar-refractivity contribution in [3.05, 3.63) is 0 Å². The van der Waals surface area contributed by atoms with Crippen molar-refractivity contribution in [1.82, 2.24) is 10.2 Å². The van der Waals surface area contributed by atoms with E-state index in [2.05, 4.69) is 10.2 Å². The molecule has 0 saturated carbocycles. The zero-order valence-corrected chi connectivity index (χ0v) is 7.69. The summed E-state index contributed by atoms with van der Waals surface area (Å²) in [5.74, 6) is 0.0630. The van der Waals surface area contributed by atoms with E-state index in [0.29, 0.717) is 12.1 Å². The summed E-state index contributed by atoms with van der Waals surface area (Å²) in [7, 11) is 0. The molecule has 0 aromatic carbocycles. The third-order valence-corrected chi connectivity index (χ3v) is 3.41. The fraction of sp³-hybridized carbons (Fsp3) is 0.889. The SMILES string of the molecule is CC(=O)N[C@@H]1C2CN3CC[C@@H](O2)[C@@H]13. The molecule has 0 aromatic rings. The predicted octanol–water partition coefficient (Wildman–Crippen LogP) is -0.654. The number of morpholine rings is 1. The van der Waals surface area contributed by atoms with Gasteiger partial charge in [0.2, 0.25) is 5.91 Å². The molecule has 2 bridgehead atoms. The van der Waals surface area contributed by atoms with Gasteiger partial charge in [-0.25, -0.2) is 0 Å². The van der Waals surface area contributed by atoms with Crippen LogP contribution in [0.4, 0.5) is 0 Å². The van der Waals surface area contributed by atoms with Crippen molar-refractivity contribution in [3.8, 4) is 0 Å². The maximum atomic E-state index is 11.0. The Kier molecular flexibility index (Phi) is 1.46. The number of nitrogens with zero attached hydrogens (tertiary/aromatic N) is 1. The van der Waals surface area contributed by atoms with Gasteiger partial charge in [0, 0.05) is 20.0 Å². The predicted molar refractivity (Wildman–Crippen MR) is 46.2 cm³/mol. The van der Waals surface area contributed by atoms with Crippen molar-refractivity contribution in [3.63, 3.8) is 0 Å². The van der Waals surface area contributed by atoms with Crippen molar-refractivity contribution < 1.29 is 9.53 Å². The topological polar surface area (TPSA) is 41.6 Å². The molecule has 4 atom stereocenters. The lowest BCUT2D eigenvalue weighted by atomic mass is 10.1. The van der Waals surface area contributed by atoms with Crippen molar-refractivity contribution in [2.24, 2.45) is 0 Å². The number of carbonyl (C=O) groups is 1. The summed E-state index contributed by atoms with van der Waals surface area (Å²) >= 11 is 0. The van der Waals surface area contributed by atoms with Crippen molar-refractivity contribution in [2.75, 3.05) is 13.1 Å². The van der Waals surface area contributed by atoms with Gasteiger partial charge >= 0.3 is 0 Å². The summed E-state index contributed by atoms with van der Waals surface area (Å²) in [5.41, 5.74) is 0. The second-order valence-corrected chi connectivity index (χ2v) is 4.21. The molecule has 1 unspecified atom stereocenters. The lowest BCUT2D eigenvalue weighted by Crippen LogP contribution is -2.44. The molecule has 1 N–H and O–H groups in total. The summed E-state index contributed by atoms with van der Waals surface area (Å²) in [5, 5.41) is 3.00. The van der Waals surface area contributed by atoms with Gasteiger partial charge in [-0.3, -0.25) is 9.69 Å². The molecule has 4 nitrogen and oxygen atoms in total. The first-order chi connectivity index (χ1) is 6.25. The quantitative estimate of drug-likeness (QED) is 0.585. The maximum absolute atomic E-state index is 11.0. The third-order valence-electron chi connectivity index (χ3n) is 3.41. The molecule has 0 aliphatic carbocycles. The summed E-state index contributed by atoms with van der Waals surface area (Å²) in [6.07, 6.45) is 1.77. The molecule has 1 amide bonds. The average molecular weight is 182 g/mol. The van der Waals surface area contributed by atoms with E-state index in [1.807, 2.05) is 0 Å². The minimum atomic E-state index is 0.0630. The van der Waals surface area contributed by atoms with Crippen LogP contribution in [-0.4, -0.2) is 48.2 Å². The summed E-state index contributed by atoms with van der Waals surface area (Å²) in [6.45, 7) is 3.73. The Morgan fingerprint density at radius 2 is 2.38 bits per heavy atom. The van der Waals surface area contributed by atoms with Crippen LogP contribution >= 0.6 is 0 Å². The molecule has 4 heteroatoms. The van der Waals surface area contributed by atoms with Crippen LogP contribution in [0.25, 0.3) is 0 Å². The number of rotatable bonds is 1. The number of carbonyl (C=O) groups excluding carboxylic acids is 1. The van der Waals surface area contributed by atoms with Crippen LogP contribution in [0.5, 0.6) is 0 Å². The Morgan fingerprint density at radius 3 is 3.08 bits per heavy atom. The average Bonchev–Trinajstić information content (AvgIpc) is 2.60. The largest absolute Gasteiger partial charge is 0.370 e. The number of nitrogens with one attached hydrogen (secondary N) is 1. The minimum Gasteiger partial charge on any atom is -0.370 e. The highest BCUT2D eigenvalue weighted by Crippen LogP contribution is 2.39. The van der Waals surface area contributed by atoms with Gasteiger partial charge in [-0.2, -0.15) is 0 Å². The number of amides is 1. The fourth-order valence-electron chi connectivity index (χ4n) is 3.00. The lowest BCUT2D eigenvalue weighted by Gasteiger charge is -2.21. The van der Waals surface area contributed by atoms with E-state index in [4.69, 9.17) is 4.74 Å². The lowest BCUT2D eigenvalue weighted by molar-refractivity contribution is -0.119. The number of ether oxygens (including phenoxy) is 1. The number of hydrogen-bond donors (Lipinski definition) is 1. The Labute approximate surface area is 77.2 Å². The fourth-order valence-corrected chi connectivity index (χ4v) is 3.00. The molecule has 3 fully saturated rings. The second-order valence-electron chi connectivity index (χ2n) is 4.21. The van der Waals surface area contributed by atoms with Gasteiger partial charge < -0.3 is 10.1 Å². The first-order valence-corrected chi connectivity index (χ1v) is 4.92. The van der Waals surface area contributed by atoms with Crippen LogP contribution < -0.4 is 5.32 Å². The monoisotopic (exact) mass is 182 g/mol. The van der Waals surface area contributed by atoms with E-state index in [-0.39, 0.29) is 18.1 Å². The van der Waals surface area contributed by atoms with Crippen LogP contribution in [0.3, 0.4) is 0 Å². The van der Waals surface area contributed by atoms with Crippen LogP contribution in [0.15, 0.2) is 0 Å². The van der Waals surface area contributed by atoms with E-state index in [0.717, 1.165) is 19.5 Å². The van der Waals surface area contributed by atoms with Crippen molar-refractivity contribution in [2.45, 2.75) is 37.6 Å². The highest BCUT2D eigenvalue weighted by Gasteiger charge is 2.57. The summed E-state index contributed by atoms with van der Waals surface area (Å²) in [4.78, 5) is 13.4. The molecular formula is C9H14N2O2. The van der Waals surface area contributed by atoms with E-state index >= 15 is 0 Å². The molecule has 3 saturated heterocycles. The number of hydrogen-bond acceptors (Lipinski definition) is 3. The van der Waals surface area contributed by atoms with Gasteiger partial charge in [-0.05, 0) is 6.42 Å². The van der Waals surface area contributed by atoms with Crippen LogP contribution in [0.1, 0.15) is 13.3 Å². The van der Waals surface area contributed by atoms with Crippen LogP contribution in [0, 0.1) is 0 Å². The highest BCUT2D eigenvalue weighted by atomic mass is 16.5. The van der Waals surface area contributed by atoms with Gasteiger partial charge in [0.25, 0.3) is 0 Å². The van der Waals surface area contributed by atoms with E-state index in [1.54, 1.807) is 6.92 Å². The zero-order chi connectivity index (χ0) is 9.00. The molecule has 0 spiro atoms. The second kappa shape index (κ2) is 2.45. The van der Waals surface area contributed by atoms with E-state index < -0.39 is 0 Å². The first kappa shape index (κ1) is 7.76. The van der Waals surface area contributed by atoms with Gasteiger partial charge in [-0.15, -0.1) is 0 Å². The molecule has 13 heavy (non-hydrogen) atoms. The Hall–Kier alpha value is -0.610. The number of fused-ring (bicyclic) bond motifs is 1. The van der Waals surface area contributed by atoms with Gasteiger partial charge in [-0.1, -0.05) is 0 Å². The van der Waals surface area contributed by atoms with Gasteiger partial charge in [0.05, 0.1) is 24.3 Å². The van der Waals surface area contributed by atoms with Gasteiger partial charge in [0.1, 0.15) is 0 Å². The van der Waals surface area contributed by atoms with E-state index in [9.17, 15) is 4.79 Å². The van der Waals surface area contributed by atoms with Crippen molar-refractivity contribution >= 4 is 5.91 Å². The first-order valence-electron chi connectivity index (χ1n) is 4.92. The smallest absolute Gasteiger partial charge is 0.217 e. The minimum absolute atomic E-state index is 0.0630. The normalized spacial score (nSPS) is 47.2. The molecular weight excluding hydrogens is 168 g/mol. The third kappa shape index (κ3) is 0.957. The van der Waals surface area contributed by atoms with E-state index in [1.165, 1.54) is 0 Å². The molecule has 3 rings (SSSR count). The zero-order valence-electron chi connectivity index (χ0n) is 7.69. The summed E-state index contributed by atoms with van der Waals surface area (Å²) in [6, 6.07) is 0.721. The summed E-state index contributed by atoms with van der Waals surface area (Å²) < 4.78 is 5.81. The molecule has 0 aromatic heterocycles. The molecule has 3 aliphatic rings. The highest BCUT2D eigenvalue weighted by molar-refractivity contribution is 5.73. The van der Waals surface area contributed by atoms with Gasteiger partial charge in [0.15, 0.2) is 0 Å². The molecule has 0 radical (unpaired) electrons. The van der Waals surface area contributed by atoms with Crippen LogP contribution in [-0.2, 0) is 9.53 Å². The van der Waals surface area contributed by atoms with Crippen molar-refractivity contribution in [1.29, 1.82) is 0 Å². The molecule has 72 valence electrons.